The van der Waals surface area contributed by atoms with Gasteiger partial charge in [0.15, 0.2) is 0 Å². The van der Waals surface area contributed by atoms with Gasteiger partial charge in [0.1, 0.15) is 0 Å². The van der Waals surface area contributed by atoms with Crippen LogP contribution in [0.4, 0.5) is 5.95 Å². The first-order valence-electron chi connectivity index (χ1n) is 6.72. The third-order valence-corrected chi connectivity index (χ3v) is 3.00. The second-order valence-electron chi connectivity index (χ2n) is 6.22. The molecule has 4 nitrogen and oxygen atoms in total. The molecule has 0 radical (unpaired) electrons. The number of nitrogens with zero attached hydrogens (tertiary/aromatic N) is 2. The molecule has 0 saturated heterocycles. The van der Waals surface area contributed by atoms with Crippen molar-refractivity contribution >= 4 is 17.0 Å². The maximum Gasteiger partial charge on any atom is 0.203 e. The van der Waals surface area contributed by atoms with Gasteiger partial charge in [0.25, 0.3) is 0 Å². The molecule has 0 saturated carbocycles. The number of anilines is 1. The minimum atomic E-state index is 0.115. The van der Waals surface area contributed by atoms with E-state index in [0.29, 0.717) is 6.54 Å². The average Bonchev–Trinajstić information content (AvgIpc) is 2.64. The Kier molecular flexibility index (Phi) is 3.80. The van der Waals surface area contributed by atoms with E-state index in [2.05, 4.69) is 56.2 Å². The summed E-state index contributed by atoms with van der Waals surface area (Å²) in [7, 11) is 0. The van der Waals surface area contributed by atoms with Crippen molar-refractivity contribution in [2.24, 2.45) is 5.41 Å². The summed E-state index contributed by atoms with van der Waals surface area (Å²) in [5.74, 6) is 0.838. The van der Waals surface area contributed by atoms with Crippen molar-refractivity contribution < 1.29 is 5.11 Å². The lowest BCUT2D eigenvalue weighted by Crippen LogP contribution is -2.21. The fourth-order valence-electron chi connectivity index (χ4n) is 2.05. The fourth-order valence-corrected chi connectivity index (χ4v) is 2.05. The normalized spacial score (nSPS) is 12.1. The molecule has 2 N–H and O–H groups in total. The van der Waals surface area contributed by atoms with E-state index in [9.17, 15) is 5.11 Å². The molecule has 1 aromatic carbocycles. The van der Waals surface area contributed by atoms with Crippen LogP contribution in [0.5, 0.6) is 0 Å². The molecule has 0 bridgehead atoms. The Morgan fingerprint density at radius 2 is 2.05 bits per heavy atom. The average molecular weight is 261 g/mol. The Bertz CT molecular complexity index is 567. The van der Waals surface area contributed by atoms with Crippen molar-refractivity contribution in [3.8, 4) is 0 Å². The molecule has 2 aromatic rings. The zero-order valence-electron chi connectivity index (χ0n) is 12.2. The lowest BCUT2D eigenvalue weighted by atomic mass is 9.97. The van der Waals surface area contributed by atoms with Gasteiger partial charge in [-0.15, -0.1) is 0 Å². The Labute approximate surface area is 114 Å². The highest BCUT2D eigenvalue weighted by Crippen LogP contribution is 2.22. The van der Waals surface area contributed by atoms with Crippen LogP contribution < -0.4 is 5.32 Å². The second kappa shape index (κ2) is 5.21. The molecule has 0 aliphatic rings. The van der Waals surface area contributed by atoms with Crippen LogP contribution in [0.1, 0.15) is 26.3 Å². The van der Waals surface area contributed by atoms with Crippen LogP contribution in [0.3, 0.4) is 0 Å². The van der Waals surface area contributed by atoms with Crippen LogP contribution in [0, 0.1) is 12.3 Å². The minimum absolute atomic E-state index is 0.115. The number of imidazole rings is 1. The van der Waals surface area contributed by atoms with E-state index in [1.165, 1.54) is 5.56 Å². The Morgan fingerprint density at radius 3 is 2.68 bits per heavy atom. The zero-order valence-corrected chi connectivity index (χ0v) is 12.2. The highest BCUT2D eigenvalue weighted by Gasteiger charge is 2.14. The minimum Gasteiger partial charge on any atom is -0.395 e. The van der Waals surface area contributed by atoms with E-state index in [4.69, 9.17) is 0 Å². The fraction of sp³-hybridized carbons (Fsp3) is 0.533. The molecule has 0 fully saturated rings. The molecule has 0 aliphatic carbocycles. The van der Waals surface area contributed by atoms with E-state index in [1.54, 1.807) is 0 Å². The van der Waals surface area contributed by atoms with Crippen molar-refractivity contribution in [3.05, 3.63) is 23.8 Å². The van der Waals surface area contributed by atoms with Crippen molar-refractivity contribution in [2.45, 2.75) is 34.2 Å². The third-order valence-electron chi connectivity index (χ3n) is 3.00. The topological polar surface area (TPSA) is 50.1 Å². The van der Waals surface area contributed by atoms with Crippen LogP contribution in [-0.2, 0) is 6.54 Å². The van der Waals surface area contributed by atoms with E-state index in [1.807, 2.05) is 4.57 Å². The summed E-state index contributed by atoms with van der Waals surface area (Å²) in [6.07, 6.45) is 0. The van der Waals surface area contributed by atoms with Crippen molar-refractivity contribution in [2.75, 3.05) is 18.5 Å². The van der Waals surface area contributed by atoms with Gasteiger partial charge in [0, 0.05) is 13.1 Å². The van der Waals surface area contributed by atoms with Gasteiger partial charge in [-0.1, -0.05) is 26.8 Å². The monoisotopic (exact) mass is 261 g/mol. The van der Waals surface area contributed by atoms with Gasteiger partial charge in [0.2, 0.25) is 5.95 Å². The summed E-state index contributed by atoms with van der Waals surface area (Å²) in [6, 6.07) is 6.21. The highest BCUT2D eigenvalue weighted by atomic mass is 16.3. The molecule has 0 spiro atoms. The lowest BCUT2D eigenvalue weighted by molar-refractivity contribution is 0.278. The smallest absolute Gasteiger partial charge is 0.203 e. The third kappa shape index (κ3) is 3.26. The van der Waals surface area contributed by atoms with Crippen molar-refractivity contribution in [1.29, 1.82) is 0 Å². The number of nitrogens with one attached hydrogen (secondary N) is 1. The number of aromatic nitrogens is 2. The Balaban J connectivity index is 2.38. The number of aliphatic hydroxyl groups excluding tert-OH is 1. The van der Waals surface area contributed by atoms with Crippen molar-refractivity contribution in [3.63, 3.8) is 0 Å². The molecular formula is C15H23N3O. The molecule has 0 aliphatic heterocycles. The number of aliphatic hydroxyl groups is 1. The van der Waals surface area contributed by atoms with Gasteiger partial charge >= 0.3 is 0 Å². The summed E-state index contributed by atoms with van der Waals surface area (Å²) >= 11 is 0. The summed E-state index contributed by atoms with van der Waals surface area (Å²) in [4.78, 5) is 4.64. The molecular weight excluding hydrogens is 238 g/mol. The first-order valence-corrected chi connectivity index (χ1v) is 6.72. The SMILES string of the molecule is Cc1ccc2c(c1)nc(NCC(C)(C)C)n2CCO. The summed E-state index contributed by atoms with van der Waals surface area (Å²) in [6.45, 7) is 10.1. The summed E-state index contributed by atoms with van der Waals surface area (Å²) < 4.78 is 2.04. The number of aryl methyl sites for hydroxylation is 1. The number of benzene rings is 1. The Hall–Kier alpha value is -1.55. The van der Waals surface area contributed by atoms with E-state index in [-0.39, 0.29) is 12.0 Å². The molecule has 1 aromatic heterocycles. The van der Waals surface area contributed by atoms with Crippen LogP contribution in [0.2, 0.25) is 0 Å². The van der Waals surface area contributed by atoms with Gasteiger partial charge in [-0.2, -0.15) is 0 Å². The largest absolute Gasteiger partial charge is 0.395 e. The maximum atomic E-state index is 9.23. The zero-order chi connectivity index (χ0) is 14.0. The van der Waals surface area contributed by atoms with Gasteiger partial charge < -0.3 is 15.0 Å². The number of hydrogen-bond donors (Lipinski definition) is 2. The molecule has 0 atom stereocenters. The van der Waals surface area contributed by atoms with Gasteiger partial charge in [0.05, 0.1) is 17.6 Å². The molecule has 104 valence electrons. The number of fused-ring (bicyclic) bond motifs is 1. The molecule has 2 rings (SSSR count). The molecule has 19 heavy (non-hydrogen) atoms. The predicted octanol–water partition coefficient (Wildman–Crippen LogP) is 2.80. The van der Waals surface area contributed by atoms with Crippen LogP contribution in [0.15, 0.2) is 18.2 Å². The van der Waals surface area contributed by atoms with Crippen LogP contribution >= 0.6 is 0 Å². The van der Waals surface area contributed by atoms with Crippen LogP contribution in [0.25, 0.3) is 11.0 Å². The van der Waals surface area contributed by atoms with E-state index < -0.39 is 0 Å². The standard InChI is InChI=1S/C15H23N3O/c1-11-5-6-13-12(9-11)17-14(18(13)7-8-19)16-10-15(2,3)4/h5-6,9,19H,7-8,10H2,1-4H3,(H,16,17). The van der Waals surface area contributed by atoms with Crippen LogP contribution in [-0.4, -0.2) is 27.8 Å². The number of rotatable bonds is 4. The van der Waals surface area contributed by atoms with Gasteiger partial charge in [-0.3, -0.25) is 0 Å². The molecule has 1 heterocycles. The van der Waals surface area contributed by atoms with E-state index >= 15 is 0 Å². The summed E-state index contributed by atoms with van der Waals surface area (Å²) in [5.41, 5.74) is 3.43. The molecule has 0 unspecified atom stereocenters. The van der Waals surface area contributed by atoms with Gasteiger partial charge in [-0.25, -0.2) is 4.98 Å². The first-order chi connectivity index (χ1) is 8.90. The highest BCUT2D eigenvalue weighted by molar-refractivity contribution is 5.79. The van der Waals surface area contributed by atoms with E-state index in [0.717, 1.165) is 23.5 Å². The van der Waals surface area contributed by atoms with Gasteiger partial charge in [-0.05, 0) is 30.0 Å². The maximum absolute atomic E-state index is 9.23. The predicted molar refractivity (Wildman–Crippen MR) is 79.5 cm³/mol. The Morgan fingerprint density at radius 1 is 1.32 bits per heavy atom. The summed E-state index contributed by atoms with van der Waals surface area (Å²) in [5, 5.41) is 12.6. The first kappa shape index (κ1) is 13.9. The number of hydrogen-bond acceptors (Lipinski definition) is 3. The quantitative estimate of drug-likeness (QED) is 0.889. The van der Waals surface area contributed by atoms with Crippen molar-refractivity contribution in [1.82, 2.24) is 9.55 Å². The second-order valence-corrected chi connectivity index (χ2v) is 6.22. The molecule has 0 amide bonds. The lowest BCUT2D eigenvalue weighted by Gasteiger charge is -2.19. The molecule has 4 heteroatoms.